The van der Waals surface area contributed by atoms with Gasteiger partial charge in [-0.15, -0.1) is 0 Å². The van der Waals surface area contributed by atoms with Gasteiger partial charge in [0.1, 0.15) is 6.10 Å². The van der Waals surface area contributed by atoms with Crippen LogP contribution in [0.2, 0.25) is 5.02 Å². The van der Waals surface area contributed by atoms with Gasteiger partial charge >= 0.3 is 10.3 Å². The highest BCUT2D eigenvalue weighted by Gasteiger charge is 2.38. The smallest absolute Gasteiger partial charge is 0.337 e. The van der Waals surface area contributed by atoms with Gasteiger partial charge < -0.3 is 9.47 Å². The molecule has 1 aliphatic heterocycles. The molecule has 0 aromatic heterocycles. The fourth-order valence-electron chi connectivity index (χ4n) is 1.81. The van der Waals surface area contributed by atoms with Crippen LogP contribution >= 0.6 is 11.6 Å². The van der Waals surface area contributed by atoms with Crippen molar-refractivity contribution in [2.24, 2.45) is 0 Å². The Kier molecular flexibility index (Phi) is 4.44. The third-order valence-corrected chi connectivity index (χ3v) is 3.95. The molecule has 1 saturated heterocycles. The number of hydrogen-bond donors (Lipinski definition) is 1. The van der Waals surface area contributed by atoms with Gasteiger partial charge in [-0.05, 0) is 13.0 Å². The predicted octanol–water partition coefficient (Wildman–Crippen LogP) is 1.58. The fourth-order valence-corrected chi connectivity index (χ4v) is 2.61. The molecule has 0 radical (unpaired) electrons. The van der Waals surface area contributed by atoms with Gasteiger partial charge in [-0.25, -0.2) is 0 Å². The van der Waals surface area contributed by atoms with Crippen molar-refractivity contribution in [3.05, 3.63) is 34.9 Å². The molecule has 0 bridgehead atoms. The van der Waals surface area contributed by atoms with Crippen molar-refractivity contribution in [2.45, 2.75) is 25.5 Å². The van der Waals surface area contributed by atoms with Crippen LogP contribution in [0.4, 0.5) is 0 Å². The zero-order valence-corrected chi connectivity index (χ0v) is 11.9. The molecule has 1 fully saturated rings. The lowest BCUT2D eigenvalue weighted by Crippen LogP contribution is -2.38. The Bertz CT molecular complexity index is 550. The Hall–Kier alpha value is -0.700. The summed E-state index contributed by atoms with van der Waals surface area (Å²) in [6, 6.07) is 7.02. The summed E-state index contributed by atoms with van der Waals surface area (Å²) in [6.45, 7) is 1.67. The van der Waals surface area contributed by atoms with Gasteiger partial charge in [-0.1, -0.05) is 29.8 Å². The first-order valence-electron chi connectivity index (χ1n) is 5.56. The highest BCUT2D eigenvalue weighted by atomic mass is 35.5. The minimum atomic E-state index is -3.88. The van der Waals surface area contributed by atoms with Crippen molar-refractivity contribution in [1.82, 2.24) is 4.72 Å². The zero-order chi connectivity index (χ0) is 14.0. The summed E-state index contributed by atoms with van der Waals surface area (Å²) >= 11 is 6.08. The average molecular weight is 308 g/mol. The molecule has 1 heterocycles. The second-order valence-electron chi connectivity index (χ2n) is 3.94. The van der Waals surface area contributed by atoms with E-state index in [1.54, 1.807) is 31.2 Å². The van der Waals surface area contributed by atoms with E-state index in [4.69, 9.17) is 21.1 Å². The normalized spacial score (nSPS) is 27.6. The first-order chi connectivity index (χ1) is 8.93. The molecule has 0 aliphatic carbocycles. The van der Waals surface area contributed by atoms with E-state index in [-0.39, 0.29) is 0 Å². The Morgan fingerprint density at radius 3 is 2.63 bits per heavy atom. The van der Waals surface area contributed by atoms with E-state index < -0.39 is 28.9 Å². The van der Waals surface area contributed by atoms with E-state index in [9.17, 15) is 8.42 Å². The molecule has 0 amide bonds. The topological polar surface area (TPSA) is 73.9 Å². The third-order valence-electron chi connectivity index (χ3n) is 2.64. The Morgan fingerprint density at radius 2 is 2.00 bits per heavy atom. The van der Waals surface area contributed by atoms with Crippen LogP contribution in [0.3, 0.4) is 0 Å². The maximum absolute atomic E-state index is 11.4. The van der Waals surface area contributed by atoms with E-state index in [1.807, 2.05) is 0 Å². The molecule has 106 valence electrons. The van der Waals surface area contributed by atoms with Crippen molar-refractivity contribution < 1.29 is 22.1 Å². The van der Waals surface area contributed by atoms with E-state index in [1.165, 1.54) is 0 Å². The molecule has 1 aromatic rings. The monoisotopic (exact) mass is 307 g/mol. The molecule has 19 heavy (non-hydrogen) atoms. The lowest BCUT2D eigenvalue weighted by molar-refractivity contribution is -0.0523. The average Bonchev–Trinajstić information content (AvgIpc) is 2.70. The van der Waals surface area contributed by atoms with Crippen LogP contribution in [0, 0.1) is 0 Å². The lowest BCUT2D eigenvalue weighted by Gasteiger charge is -2.18. The van der Waals surface area contributed by atoms with Crippen molar-refractivity contribution in [3.63, 3.8) is 0 Å². The quantitative estimate of drug-likeness (QED) is 0.914. The number of nitrogens with one attached hydrogen (secondary N) is 1. The van der Waals surface area contributed by atoms with Crippen LogP contribution in [-0.2, 0) is 24.0 Å². The molecule has 1 aromatic carbocycles. The van der Waals surface area contributed by atoms with Crippen molar-refractivity contribution in [2.75, 3.05) is 7.11 Å². The summed E-state index contributed by atoms with van der Waals surface area (Å²) in [4.78, 5) is 0. The second-order valence-corrected chi connectivity index (χ2v) is 5.83. The van der Waals surface area contributed by atoms with Gasteiger partial charge in [-0.2, -0.15) is 13.1 Å². The van der Waals surface area contributed by atoms with Crippen LogP contribution in [0.1, 0.15) is 18.6 Å². The summed E-state index contributed by atoms with van der Waals surface area (Å²) < 4.78 is 40.4. The molecule has 1 aliphatic rings. The van der Waals surface area contributed by atoms with Gasteiger partial charge in [0.15, 0.2) is 12.5 Å². The van der Waals surface area contributed by atoms with E-state index in [0.29, 0.717) is 10.6 Å². The summed E-state index contributed by atoms with van der Waals surface area (Å²) in [5.74, 6) is 0. The second kappa shape index (κ2) is 5.74. The first-order valence-corrected chi connectivity index (χ1v) is 7.35. The molecular formula is C11H14ClNO5S. The van der Waals surface area contributed by atoms with Gasteiger partial charge in [0, 0.05) is 10.6 Å². The van der Waals surface area contributed by atoms with E-state index in [0.717, 1.165) is 7.11 Å². The van der Waals surface area contributed by atoms with Gasteiger partial charge in [0.05, 0.1) is 7.11 Å². The number of benzene rings is 1. The Labute approximate surface area is 116 Å². The molecule has 1 unspecified atom stereocenters. The highest BCUT2D eigenvalue weighted by molar-refractivity contribution is 7.84. The maximum Gasteiger partial charge on any atom is 0.337 e. The minimum Gasteiger partial charge on any atom is -0.341 e. The van der Waals surface area contributed by atoms with Crippen molar-refractivity contribution >= 4 is 21.9 Å². The fraction of sp³-hybridized carbons (Fsp3) is 0.455. The molecule has 6 nitrogen and oxygen atoms in total. The van der Waals surface area contributed by atoms with E-state index in [2.05, 4.69) is 8.91 Å². The zero-order valence-electron chi connectivity index (χ0n) is 10.4. The molecule has 1 N–H and O–H groups in total. The summed E-state index contributed by atoms with van der Waals surface area (Å²) in [5, 5.41) is 0.479. The molecule has 2 rings (SSSR count). The largest absolute Gasteiger partial charge is 0.341 e. The Balaban J connectivity index is 2.26. The van der Waals surface area contributed by atoms with Crippen LogP contribution in [0.25, 0.3) is 0 Å². The van der Waals surface area contributed by atoms with Gasteiger partial charge in [0.2, 0.25) is 0 Å². The first kappa shape index (κ1) is 14.7. The highest BCUT2D eigenvalue weighted by Crippen LogP contribution is 2.35. The predicted molar refractivity (Wildman–Crippen MR) is 68.7 cm³/mol. The SMILES string of the molecule is COS(=O)(=O)N[C@H]1OC(C)O[C@H]1c1ccccc1Cl. The maximum atomic E-state index is 11.4. The summed E-state index contributed by atoms with van der Waals surface area (Å²) in [7, 11) is -2.82. The number of ether oxygens (including phenoxy) is 2. The number of halogens is 1. The number of hydrogen-bond acceptors (Lipinski definition) is 5. The van der Waals surface area contributed by atoms with Gasteiger partial charge in [-0.3, -0.25) is 4.18 Å². The standard InChI is InChI=1S/C11H14ClNO5S/c1-7-17-10(8-5-3-4-6-9(8)12)11(18-7)13-19(14,15)16-2/h3-7,10-11,13H,1-2H3/t7?,10-,11-/m0/s1. The number of rotatable bonds is 4. The van der Waals surface area contributed by atoms with Crippen LogP contribution in [0.5, 0.6) is 0 Å². The third kappa shape index (κ3) is 3.44. The molecule has 0 saturated carbocycles. The lowest BCUT2D eigenvalue weighted by atomic mass is 10.1. The molecule has 3 atom stereocenters. The van der Waals surface area contributed by atoms with Crippen LogP contribution in [0.15, 0.2) is 24.3 Å². The summed E-state index contributed by atoms with van der Waals surface area (Å²) in [6.07, 6.45) is -2.07. The molecule has 0 spiro atoms. The summed E-state index contributed by atoms with van der Waals surface area (Å²) in [5.41, 5.74) is 0.650. The van der Waals surface area contributed by atoms with Crippen molar-refractivity contribution in [3.8, 4) is 0 Å². The molecular weight excluding hydrogens is 294 g/mol. The van der Waals surface area contributed by atoms with Gasteiger partial charge in [0.25, 0.3) is 0 Å². The van der Waals surface area contributed by atoms with Crippen LogP contribution in [-0.4, -0.2) is 28.0 Å². The Morgan fingerprint density at radius 1 is 1.32 bits per heavy atom. The minimum absolute atomic E-state index is 0.479. The van der Waals surface area contributed by atoms with Crippen LogP contribution < -0.4 is 4.72 Å². The molecule has 8 heteroatoms. The van der Waals surface area contributed by atoms with E-state index >= 15 is 0 Å². The van der Waals surface area contributed by atoms with Crippen molar-refractivity contribution in [1.29, 1.82) is 0 Å².